The fourth-order valence-corrected chi connectivity index (χ4v) is 4.59. The van der Waals surface area contributed by atoms with Gasteiger partial charge < -0.3 is 0 Å². The Morgan fingerprint density at radius 2 is 1.65 bits per heavy atom. The zero-order valence-corrected chi connectivity index (χ0v) is 23.6. The Kier molecular flexibility index (Phi) is 16.0. The van der Waals surface area contributed by atoms with Crippen molar-refractivity contribution in [3.8, 4) is 0 Å². The highest BCUT2D eigenvalue weighted by Crippen LogP contribution is 2.24. The van der Waals surface area contributed by atoms with Crippen molar-refractivity contribution < 1.29 is 0 Å². The van der Waals surface area contributed by atoms with Gasteiger partial charge in [0.15, 0.2) is 0 Å². The zero-order chi connectivity index (χ0) is 25.3. The van der Waals surface area contributed by atoms with Crippen LogP contribution in [0.15, 0.2) is 64.7 Å². The normalized spacial score (nSPS) is 14.4. The zero-order valence-electron chi connectivity index (χ0n) is 21.3. The minimum absolute atomic E-state index is 0.593. The van der Waals surface area contributed by atoms with Crippen LogP contribution >= 0.6 is 35.1 Å². The van der Waals surface area contributed by atoms with Gasteiger partial charge >= 0.3 is 0 Å². The van der Waals surface area contributed by atoms with E-state index < -0.39 is 0 Å². The van der Waals surface area contributed by atoms with E-state index in [2.05, 4.69) is 71.3 Å². The summed E-state index contributed by atoms with van der Waals surface area (Å²) in [7, 11) is 0. The summed E-state index contributed by atoms with van der Waals surface area (Å²) in [5, 5.41) is 5.44. The highest BCUT2D eigenvalue weighted by Gasteiger charge is 2.16. The molecule has 1 aliphatic rings. The molecule has 0 atom stereocenters. The van der Waals surface area contributed by atoms with E-state index in [1.807, 2.05) is 37.9 Å². The molecule has 3 rings (SSSR count). The molecule has 1 saturated heterocycles. The van der Waals surface area contributed by atoms with Gasteiger partial charge in [0.1, 0.15) is 0 Å². The lowest BCUT2D eigenvalue weighted by molar-refractivity contribution is 0.307. The lowest BCUT2D eigenvalue weighted by Crippen LogP contribution is -2.32. The van der Waals surface area contributed by atoms with E-state index in [-0.39, 0.29) is 0 Å². The maximum Gasteiger partial charge on any atom is 0.0545 e. The third-order valence-electron chi connectivity index (χ3n) is 4.54. The summed E-state index contributed by atoms with van der Waals surface area (Å²) >= 11 is 13.9. The minimum atomic E-state index is 0.593. The van der Waals surface area contributed by atoms with Crippen LogP contribution in [0.25, 0.3) is 0 Å². The molecule has 0 spiro atoms. The van der Waals surface area contributed by atoms with Crippen LogP contribution in [0.5, 0.6) is 0 Å². The number of nitrogens with zero attached hydrogens (tertiary/aromatic N) is 3. The van der Waals surface area contributed by atoms with Crippen molar-refractivity contribution in [1.29, 1.82) is 0 Å². The SMILES string of the molecule is C=C(CN1CCCN(Sc2ccc(C)cc2)CC1)N/N=C/c1cc(Cl)cc(Cl)c1.CC.CCC. The summed E-state index contributed by atoms with van der Waals surface area (Å²) in [6.45, 7) is 19.4. The van der Waals surface area contributed by atoms with E-state index in [0.29, 0.717) is 10.0 Å². The Hall–Kier alpha value is -1.50. The number of aryl methyl sites for hydroxylation is 1. The van der Waals surface area contributed by atoms with Crippen LogP contribution in [0.2, 0.25) is 10.0 Å². The summed E-state index contributed by atoms with van der Waals surface area (Å²) in [4.78, 5) is 3.71. The van der Waals surface area contributed by atoms with Gasteiger partial charge in [0.05, 0.1) is 6.21 Å². The monoisotopic (exact) mass is 522 g/mol. The van der Waals surface area contributed by atoms with Gasteiger partial charge in [-0.05, 0) is 67.7 Å². The van der Waals surface area contributed by atoms with Gasteiger partial charge in [0.2, 0.25) is 0 Å². The third-order valence-corrected chi connectivity index (χ3v) is 6.08. The maximum atomic E-state index is 6.01. The number of hydrazone groups is 1. The van der Waals surface area contributed by atoms with E-state index in [9.17, 15) is 0 Å². The Balaban J connectivity index is 0.00000107. The maximum absolute atomic E-state index is 6.01. The van der Waals surface area contributed by atoms with E-state index in [1.165, 1.54) is 16.9 Å². The molecule has 188 valence electrons. The van der Waals surface area contributed by atoms with Gasteiger partial charge in [-0.2, -0.15) is 5.10 Å². The summed E-state index contributed by atoms with van der Waals surface area (Å²) in [5.74, 6) is 0. The molecular formula is C27H40Cl2N4S. The Labute approximate surface area is 221 Å². The van der Waals surface area contributed by atoms with Gasteiger partial charge in [-0.1, -0.05) is 81.6 Å². The van der Waals surface area contributed by atoms with Crippen LogP contribution in [0.3, 0.4) is 0 Å². The topological polar surface area (TPSA) is 30.9 Å². The Morgan fingerprint density at radius 3 is 2.26 bits per heavy atom. The van der Waals surface area contributed by atoms with Crippen molar-refractivity contribution in [1.82, 2.24) is 14.6 Å². The standard InChI is InChI=1S/C22H26Cl2N4S.C3H8.C2H6/c1-17-4-6-22(7-5-17)29-28-9-3-8-27(10-11-28)16-18(2)26-25-15-19-12-20(23)14-21(24)13-19;1-3-2;1-2/h4-7,12-15,26H,2-3,8-11,16H2,1H3;3H2,1-2H3;1-2H3/b25-15+;;. The van der Waals surface area contributed by atoms with Crippen molar-refractivity contribution in [3.63, 3.8) is 0 Å². The molecule has 0 aliphatic carbocycles. The van der Waals surface area contributed by atoms with Crippen molar-refractivity contribution in [2.45, 2.75) is 52.4 Å². The Bertz CT molecular complexity index is 851. The van der Waals surface area contributed by atoms with Crippen molar-refractivity contribution >= 4 is 41.4 Å². The second-order valence-electron chi connectivity index (χ2n) is 7.85. The summed E-state index contributed by atoms with van der Waals surface area (Å²) in [6, 6.07) is 14.1. The van der Waals surface area contributed by atoms with Crippen LogP contribution in [-0.4, -0.2) is 48.1 Å². The fourth-order valence-electron chi connectivity index (χ4n) is 3.10. The van der Waals surface area contributed by atoms with Crippen LogP contribution in [0.1, 0.15) is 51.7 Å². The summed E-state index contributed by atoms with van der Waals surface area (Å²) in [6.07, 6.45) is 4.09. The molecule has 2 aromatic carbocycles. The van der Waals surface area contributed by atoms with Gasteiger partial charge in [-0.15, -0.1) is 0 Å². The van der Waals surface area contributed by atoms with Gasteiger partial charge in [-0.25, -0.2) is 4.31 Å². The first-order chi connectivity index (χ1) is 16.4. The molecule has 0 aromatic heterocycles. The van der Waals surface area contributed by atoms with Crippen LogP contribution < -0.4 is 5.43 Å². The molecule has 0 unspecified atom stereocenters. The molecule has 7 heteroatoms. The summed E-state index contributed by atoms with van der Waals surface area (Å²) in [5.41, 5.74) is 6.04. The quantitative estimate of drug-likeness (QED) is 0.227. The lowest BCUT2D eigenvalue weighted by atomic mass is 10.2. The number of hydrogen-bond donors (Lipinski definition) is 1. The average Bonchev–Trinajstić information content (AvgIpc) is 3.01. The predicted octanol–water partition coefficient (Wildman–Crippen LogP) is 7.90. The van der Waals surface area contributed by atoms with E-state index in [1.54, 1.807) is 12.3 Å². The molecule has 1 heterocycles. The molecule has 0 saturated carbocycles. The minimum Gasteiger partial charge on any atom is -0.296 e. The fraction of sp³-hybridized carbons (Fsp3) is 0.444. The van der Waals surface area contributed by atoms with E-state index in [4.69, 9.17) is 23.2 Å². The first-order valence-electron chi connectivity index (χ1n) is 12.0. The average molecular weight is 524 g/mol. The second-order valence-corrected chi connectivity index (χ2v) is 9.89. The summed E-state index contributed by atoms with van der Waals surface area (Å²) < 4.78 is 2.45. The molecular weight excluding hydrogens is 483 g/mol. The smallest absolute Gasteiger partial charge is 0.0545 e. The molecule has 1 N–H and O–H groups in total. The number of halogens is 2. The largest absolute Gasteiger partial charge is 0.296 e. The van der Waals surface area contributed by atoms with Gasteiger partial charge in [0, 0.05) is 46.8 Å². The number of rotatable bonds is 7. The lowest BCUT2D eigenvalue weighted by Gasteiger charge is -2.21. The third kappa shape index (κ3) is 12.8. The first-order valence-corrected chi connectivity index (χ1v) is 13.6. The number of hydrogen-bond acceptors (Lipinski definition) is 5. The number of nitrogens with one attached hydrogen (secondary N) is 1. The molecule has 4 nitrogen and oxygen atoms in total. The highest BCUT2D eigenvalue weighted by atomic mass is 35.5. The molecule has 0 amide bonds. The van der Waals surface area contributed by atoms with Crippen molar-refractivity contribution in [2.24, 2.45) is 5.10 Å². The van der Waals surface area contributed by atoms with Crippen LogP contribution in [0, 0.1) is 6.92 Å². The van der Waals surface area contributed by atoms with Gasteiger partial charge in [-0.3, -0.25) is 10.3 Å². The molecule has 0 bridgehead atoms. The molecule has 34 heavy (non-hydrogen) atoms. The molecule has 2 aromatic rings. The van der Waals surface area contributed by atoms with E-state index in [0.717, 1.165) is 50.4 Å². The number of benzene rings is 2. The van der Waals surface area contributed by atoms with E-state index >= 15 is 0 Å². The van der Waals surface area contributed by atoms with Gasteiger partial charge in [0.25, 0.3) is 0 Å². The first kappa shape index (κ1) is 30.5. The van der Waals surface area contributed by atoms with Crippen LogP contribution in [-0.2, 0) is 0 Å². The van der Waals surface area contributed by atoms with Crippen molar-refractivity contribution in [3.05, 3.63) is 75.9 Å². The Morgan fingerprint density at radius 1 is 1.03 bits per heavy atom. The van der Waals surface area contributed by atoms with Crippen molar-refractivity contribution in [2.75, 3.05) is 32.7 Å². The molecule has 1 aliphatic heterocycles. The molecule has 1 fully saturated rings. The highest BCUT2D eigenvalue weighted by molar-refractivity contribution is 7.97. The molecule has 0 radical (unpaired) electrons. The van der Waals surface area contributed by atoms with Crippen LogP contribution in [0.4, 0.5) is 0 Å². The second kappa shape index (κ2) is 17.9. The predicted molar refractivity (Wildman–Crippen MR) is 153 cm³/mol.